The number of carbonyl (C=O) groups is 3. The SMILES string of the molecule is Cc1ccc(NC(=O)C(C)Sc2ccc(NC(=O)/C(=C/c3ccco3)NC(=O)c3ccccc3)cc2)cc1. The number of carbonyl (C=O) groups excluding carboxylic acids is 3. The number of furan rings is 1. The molecule has 0 saturated carbocycles. The van der Waals surface area contributed by atoms with Gasteiger partial charge >= 0.3 is 0 Å². The van der Waals surface area contributed by atoms with E-state index in [2.05, 4.69) is 16.0 Å². The largest absolute Gasteiger partial charge is 0.465 e. The van der Waals surface area contributed by atoms with Crippen molar-refractivity contribution in [2.45, 2.75) is 24.0 Å². The van der Waals surface area contributed by atoms with E-state index in [1.165, 1.54) is 24.1 Å². The van der Waals surface area contributed by atoms with Crippen molar-refractivity contribution in [1.82, 2.24) is 5.32 Å². The van der Waals surface area contributed by atoms with Crippen LogP contribution in [0.5, 0.6) is 0 Å². The molecule has 0 spiro atoms. The molecule has 0 fully saturated rings. The molecule has 4 aromatic rings. The zero-order valence-corrected chi connectivity index (χ0v) is 21.8. The molecule has 8 heteroatoms. The van der Waals surface area contributed by atoms with Crippen LogP contribution in [0, 0.1) is 6.92 Å². The van der Waals surface area contributed by atoms with Crippen LogP contribution in [0.25, 0.3) is 6.08 Å². The van der Waals surface area contributed by atoms with Gasteiger partial charge in [-0.15, -0.1) is 11.8 Å². The summed E-state index contributed by atoms with van der Waals surface area (Å²) in [5, 5.41) is 8.06. The smallest absolute Gasteiger partial charge is 0.272 e. The standard InChI is InChI=1S/C30H27N3O4S/c1-20-10-12-23(13-11-20)31-28(34)21(2)38-26-16-14-24(15-17-26)32-30(36)27(19-25-9-6-18-37-25)33-29(35)22-7-4-3-5-8-22/h3-19,21H,1-2H3,(H,31,34)(H,32,36)(H,33,35)/b27-19-. The van der Waals surface area contributed by atoms with Crippen molar-refractivity contribution in [3.8, 4) is 0 Å². The molecule has 0 aliphatic heterocycles. The van der Waals surface area contributed by atoms with E-state index in [0.717, 1.165) is 16.1 Å². The van der Waals surface area contributed by atoms with Gasteiger partial charge in [-0.1, -0.05) is 35.9 Å². The lowest BCUT2D eigenvalue weighted by atomic mass is 10.2. The second kappa shape index (κ2) is 12.6. The van der Waals surface area contributed by atoms with Gasteiger partial charge in [0.2, 0.25) is 5.91 Å². The molecule has 0 radical (unpaired) electrons. The number of anilines is 2. The van der Waals surface area contributed by atoms with Crippen LogP contribution in [-0.4, -0.2) is 23.0 Å². The van der Waals surface area contributed by atoms with Gasteiger partial charge in [-0.3, -0.25) is 14.4 Å². The number of aryl methyl sites for hydroxylation is 1. The van der Waals surface area contributed by atoms with Crippen molar-refractivity contribution in [3.63, 3.8) is 0 Å². The third kappa shape index (κ3) is 7.47. The van der Waals surface area contributed by atoms with Crippen molar-refractivity contribution in [3.05, 3.63) is 120 Å². The molecule has 0 aliphatic rings. The summed E-state index contributed by atoms with van der Waals surface area (Å²) in [6.07, 6.45) is 2.95. The van der Waals surface area contributed by atoms with Crippen LogP contribution in [0.2, 0.25) is 0 Å². The number of nitrogens with one attached hydrogen (secondary N) is 3. The van der Waals surface area contributed by atoms with Crippen LogP contribution >= 0.6 is 11.8 Å². The topological polar surface area (TPSA) is 100 Å². The third-order valence-electron chi connectivity index (χ3n) is 5.47. The Morgan fingerprint density at radius 2 is 1.47 bits per heavy atom. The van der Waals surface area contributed by atoms with Crippen LogP contribution in [0.4, 0.5) is 11.4 Å². The predicted molar refractivity (Wildman–Crippen MR) is 151 cm³/mol. The van der Waals surface area contributed by atoms with Crippen molar-refractivity contribution in [1.29, 1.82) is 0 Å². The number of thioether (sulfide) groups is 1. The summed E-state index contributed by atoms with van der Waals surface area (Å²) in [7, 11) is 0. The maximum atomic E-state index is 13.1. The minimum Gasteiger partial charge on any atom is -0.465 e. The maximum Gasteiger partial charge on any atom is 0.272 e. The Morgan fingerprint density at radius 1 is 0.816 bits per heavy atom. The lowest BCUT2D eigenvalue weighted by Gasteiger charge is -2.13. The van der Waals surface area contributed by atoms with E-state index in [1.807, 2.05) is 56.3 Å². The Labute approximate surface area is 225 Å². The molecule has 3 amide bonds. The summed E-state index contributed by atoms with van der Waals surface area (Å²) < 4.78 is 5.32. The van der Waals surface area contributed by atoms with Gasteiger partial charge in [-0.2, -0.15) is 0 Å². The van der Waals surface area contributed by atoms with E-state index in [9.17, 15) is 14.4 Å². The Bertz CT molecular complexity index is 1410. The summed E-state index contributed by atoms with van der Waals surface area (Å²) in [6.45, 7) is 3.83. The van der Waals surface area contributed by atoms with Crippen LogP contribution in [0.1, 0.15) is 28.6 Å². The zero-order chi connectivity index (χ0) is 26.9. The first-order chi connectivity index (χ1) is 18.4. The molecule has 0 saturated heterocycles. The highest BCUT2D eigenvalue weighted by Gasteiger charge is 2.17. The minimum absolute atomic E-state index is 0.0358. The lowest BCUT2D eigenvalue weighted by molar-refractivity contribution is -0.115. The second-order valence-electron chi connectivity index (χ2n) is 8.49. The van der Waals surface area contributed by atoms with E-state index < -0.39 is 11.8 Å². The summed E-state index contributed by atoms with van der Waals surface area (Å²) in [6, 6.07) is 26.8. The lowest BCUT2D eigenvalue weighted by Crippen LogP contribution is -2.30. The molecule has 0 aliphatic carbocycles. The average Bonchev–Trinajstić information content (AvgIpc) is 3.44. The molecule has 0 bridgehead atoms. The highest BCUT2D eigenvalue weighted by molar-refractivity contribution is 8.00. The number of benzene rings is 3. The van der Waals surface area contributed by atoms with Gasteiger partial charge in [0.15, 0.2) is 0 Å². The molecule has 1 aromatic heterocycles. The van der Waals surface area contributed by atoms with Crippen molar-refractivity contribution in [2.75, 3.05) is 10.6 Å². The van der Waals surface area contributed by atoms with Gasteiger partial charge < -0.3 is 20.4 Å². The first kappa shape index (κ1) is 26.5. The fourth-order valence-corrected chi connectivity index (χ4v) is 4.28. The molecule has 38 heavy (non-hydrogen) atoms. The van der Waals surface area contributed by atoms with Crippen molar-refractivity contribution >= 4 is 46.9 Å². The molecule has 3 aromatic carbocycles. The fraction of sp³-hybridized carbons (Fsp3) is 0.100. The Kier molecular flexibility index (Phi) is 8.79. The van der Waals surface area contributed by atoms with Crippen LogP contribution in [0.15, 0.2) is 112 Å². The predicted octanol–water partition coefficient (Wildman–Crippen LogP) is 6.12. The zero-order valence-electron chi connectivity index (χ0n) is 20.9. The van der Waals surface area contributed by atoms with Gasteiger partial charge in [0.05, 0.1) is 11.5 Å². The molecule has 1 atom stereocenters. The summed E-state index contributed by atoms with van der Waals surface area (Å²) >= 11 is 1.41. The maximum absolute atomic E-state index is 13.1. The Hall–Kier alpha value is -4.56. The quantitative estimate of drug-likeness (QED) is 0.181. The molecule has 4 rings (SSSR count). The van der Waals surface area contributed by atoms with E-state index in [1.54, 1.807) is 48.5 Å². The molecular formula is C30H27N3O4S. The highest BCUT2D eigenvalue weighted by Crippen LogP contribution is 2.26. The van der Waals surface area contributed by atoms with Gasteiger partial charge in [-0.25, -0.2) is 0 Å². The van der Waals surface area contributed by atoms with Gasteiger partial charge in [0.1, 0.15) is 11.5 Å². The first-order valence-corrected chi connectivity index (χ1v) is 12.8. The number of hydrogen-bond donors (Lipinski definition) is 3. The monoisotopic (exact) mass is 525 g/mol. The molecule has 3 N–H and O–H groups in total. The first-order valence-electron chi connectivity index (χ1n) is 11.9. The van der Waals surface area contributed by atoms with Crippen LogP contribution in [0.3, 0.4) is 0 Å². The molecular weight excluding hydrogens is 498 g/mol. The number of rotatable bonds is 9. The Balaban J connectivity index is 1.39. The molecule has 192 valence electrons. The number of amides is 3. The van der Waals surface area contributed by atoms with Crippen LogP contribution < -0.4 is 16.0 Å². The highest BCUT2D eigenvalue weighted by atomic mass is 32.2. The minimum atomic E-state index is -0.503. The van der Waals surface area contributed by atoms with E-state index in [4.69, 9.17) is 4.42 Å². The normalized spacial score (nSPS) is 11.9. The van der Waals surface area contributed by atoms with Gasteiger partial charge in [0.25, 0.3) is 11.8 Å². The van der Waals surface area contributed by atoms with E-state index in [0.29, 0.717) is 17.0 Å². The second-order valence-corrected chi connectivity index (χ2v) is 9.90. The fourth-order valence-electron chi connectivity index (χ4n) is 3.41. The summed E-state index contributed by atoms with van der Waals surface area (Å²) in [5.41, 5.74) is 2.88. The van der Waals surface area contributed by atoms with E-state index >= 15 is 0 Å². The molecule has 1 heterocycles. The van der Waals surface area contributed by atoms with Gasteiger partial charge in [-0.05, 0) is 74.5 Å². The number of hydrogen-bond acceptors (Lipinski definition) is 5. The summed E-state index contributed by atoms with van der Waals surface area (Å²) in [5.74, 6) is -0.591. The van der Waals surface area contributed by atoms with Crippen molar-refractivity contribution in [2.24, 2.45) is 0 Å². The third-order valence-corrected chi connectivity index (χ3v) is 6.58. The summed E-state index contributed by atoms with van der Waals surface area (Å²) in [4.78, 5) is 39.2. The Morgan fingerprint density at radius 3 is 2.13 bits per heavy atom. The van der Waals surface area contributed by atoms with Crippen molar-refractivity contribution < 1.29 is 18.8 Å². The van der Waals surface area contributed by atoms with Gasteiger partial charge in [0, 0.05) is 27.9 Å². The molecule has 7 nitrogen and oxygen atoms in total. The van der Waals surface area contributed by atoms with Crippen LogP contribution in [-0.2, 0) is 9.59 Å². The molecule has 1 unspecified atom stereocenters. The van der Waals surface area contributed by atoms with E-state index in [-0.39, 0.29) is 16.9 Å². The average molecular weight is 526 g/mol.